The van der Waals surface area contributed by atoms with Crippen LogP contribution in [-0.2, 0) is 14.8 Å². The van der Waals surface area contributed by atoms with E-state index in [1.165, 1.54) is 0 Å². The van der Waals surface area contributed by atoms with Crippen LogP contribution in [0.2, 0.25) is 0 Å². The lowest BCUT2D eigenvalue weighted by Crippen LogP contribution is -2.52. The Bertz CT molecular complexity index is 634. The molecule has 0 atom stereocenters. The molecule has 1 aromatic rings. The fourth-order valence-electron chi connectivity index (χ4n) is 2.07. The summed E-state index contributed by atoms with van der Waals surface area (Å²) in [5, 5.41) is 0. The molecule has 8 heteroatoms. The quantitative estimate of drug-likeness (QED) is 0.736. The third kappa shape index (κ3) is 3.82. The van der Waals surface area contributed by atoms with Gasteiger partial charge in [0.25, 0.3) is 0 Å². The first-order chi connectivity index (χ1) is 10.2. The normalized spacial score (nSPS) is 12.2. The Kier molecular flexibility index (Phi) is 6.04. The molecule has 0 aliphatic rings. The van der Waals surface area contributed by atoms with E-state index in [2.05, 4.69) is 9.46 Å². The van der Waals surface area contributed by atoms with E-state index in [-0.39, 0.29) is 17.0 Å². The van der Waals surface area contributed by atoms with E-state index in [0.717, 1.165) is 25.3 Å². The zero-order valence-electron chi connectivity index (χ0n) is 12.8. The number of methoxy groups -OCH3 is 1. The molecule has 0 spiro atoms. The molecule has 0 radical (unpaired) electrons. The van der Waals surface area contributed by atoms with Crippen LogP contribution in [0, 0.1) is 5.82 Å². The standard InChI is InChI=1S/C14H21FN2O4S/c1-4-14(5-2,9-16)17-22(19,20)12-7-6-10(15)8-11(12)13(18)21-3/h6-8,17H,4-5,9,16H2,1-3H3. The van der Waals surface area contributed by atoms with E-state index >= 15 is 0 Å². The highest BCUT2D eigenvalue weighted by atomic mass is 32.2. The number of hydrogen-bond donors (Lipinski definition) is 2. The summed E-state index contributed by atoms with van der Waals surface area (Å²) in [5.41, 5.74) is 4.51. The fraction of sp³-hybridized carbons (Fsp3) is 0.500. The Morgan fingerprint density at radius 1 is 1.36 bits per heavy atom. The molecule has 1 rings (SSSR count). The average molecular weight is 332 g/mol. The Morgan fingerprint density at radius 2 is 1.95 bits per heavy atom. The number of rotatable bonds is 7. The van der Waals surface area contributed by atoms with Crippen LogP contribution < -0.4 is 10.5 Å². The summed E-state index contributed by atoms with van der Waals surface area (Å²) in [4.78, 5) is 11.4. The Hall–Kier alpha value is -1.51. The van der Waals surface area contributed by atoms with Crippen molar-refractivity contribution in [3.05, 3.63) is 29.6 Å². The number of esters is 1. The molecule has 6 nitrogen and oxygen atoms in total. The van der Waals surface area contributed by atoms with E-state index in [9.17, 15) is 17.6 Å². The van der Waals surface area contributed by atoms with Gasteiger partial charge in [-0.2, -0.15) is 0 Å². The van der Waals surface area contributed by atoms with E-state index in [1.807, 2.05) is 13.8 Å². The van der Waals surface area contributed by atoms with Gasteiger partial charge in [-0.25, -0.2) is 22.3 Å². The van der Waals surface area contributed by atoms with Gasteiger partial charge in [-0.1, -0.05) is 13.8 Å². The summed E-state index contributed by atoms with van der Waals surface area (Å²) in [7, 11) is -2.96. The molecule has 0 unspecified atom stereocenters. The van der Waals surface area contributed by atoms with E-state index in [4.69, 9.17) is 5.73 Å². The summed E-state index contributed by atoms with van der Waals surface area (Å²) >= 11 is 0. The molecule has 0 aliphatic carbocycles. The van der Waals surface area contributed by atoms with Crippen molar-refractivity contribution in [3.8, 4) is 0 Å². The second-order valence-electron chi connectivity index (χ2n) is 4.93. The lowest BCUT2D eigenvalue weighted by molar-refractivity contribution is 0.0595. The number of carbonyl (C=O) groups is 1. The van der Waals surface area contributed by atoms with Crippen LogP contribution in [-0.4, -0.2) is 33.6 Å². The molecular formula is C14H21FN2O4S. The number of nitrogens with two attached hydrogens (primary N) is 1. The van der Waals surface area contributed by atoms with Crippen molar-refractivity contribution in [2.75, 3.05) is 13.7 Å². The Balaban J connectivity index is 3.37. The van der Waals surface area contributed by atoms with Crippen LogP contribution >= 0.6 is 0 Å². The van der Waals surface area contributed by atoms with Crippen LogP contribution in [0.25, 0.3) is 0 Å². The van der Waals surface area contributed by atoms with Crippen molar-refractivity contribution in [1.29, 1.82) is 0 Å². The van der Waals surface area contributed by atoms with Gasteiger partial charge in [-0.3, -0.25) is 0 Å². The lowest BCUT2D eigenvalue weighted by Gasteiger charge is -2.31. The molecule has 0 aromatic heterocycles. The molecular weight excluding hydrogens is 311 g/mol. The molecule has 22 heavy (non-hydrogen) atoms. The first-order valence-electron chi connectivity index (χ1n) is 6.87. The molecule has 0 amide bonds. The van der Waals surface area contributed by atoms with Crippen molar-refractivity contribution in [3.63, 3.8) is 0 Å². The molecule has 124 valence electrons. The van der Waals surface area contributed by atoms with Gasteiger partial charge in [0.05, 0.1) is 17.6 Å². The molecule has 0 fully saturated rings. The van der Waals surface area contributed by atoms with Gasteiger partial charge >= 0.3 is 5.97 Å². The van der Waals surface area contributed by atoms with Crippen LogP contribution in [0.15, 0.2) is 23.1 Å². The largest absolute Gasteiger partial charge is 0.465 e. The maximum atomic E-state index is 13.3. The summed E-state index contributed by atoms with van der Waals surface area (Å²) in [6.07, 6.45) is 0.960. The highest BCUT2D eigenvalue weighted by Crippen LogP contribution is 2.22. The summed E-state index contributed by atoms with van der Waals surface area (Å²) < 4.78 is 45.5. The van der Waals surface area contributed by atoms with Crippen molar-refractivity contribution in [1.82, 2.24) is 4.72 Å². The monoisotopic (exact) mass is 332 g/mol. The van der Waals surface area contributed by atoms with Gasteiger partial charge in [-0.05, 0) is 31.0 Å². The molecule has 1 aromatic carbocycles. The molecule has 0 aliphatic heterocycles. The highest BCUT2D eigenvalue weighted by molar-refractivity contribution is 7.89. The van der Waals surface area contributed by atoms with Crippen LogP contribution in [0.3, 0.4) is 0 Å². The maximum Gasteiger partial charge on any atom is 0.339 e. The van der Waals surface area contributed by atoms with Gasteiger partial charge < -0.3 is 10.5 Å². The van der Waals surface area contributed by atoms with Crippen LogP contribution in [0.4, 0.5) is 4.39 Å². The number of sulfonamides is 1. The first kappa shape index (κ1) is 18.5. The number of ether oxygens (including phenoxy) is 1. The molecule has 0 bridgehead atoms. The fourth-order valence-corrected chi connectivity index (χ4v) is 3.80. The van der Waals surface area contributed by atoms with Crippen molar-refractivity contribution in [2.45, 2.75) is 37.1 Å². The van der Waals surface area contributed by atoms with E-state index < -0.39 is 27.3 Å². The predicted molar refractivity (Wildman–Crippen MR) is 80.4 cm³/mol. The van der Waals surface area contributed by atoms with Gasteiger partial charge in [0.15, 0.2) is 0 Å². The minimum Gasteiger partial charge on any atom is -0.465 e. The van der Waals surface area contributed by atoms with Crippen molar-refractivity contribution in [2.24, 2.45) is 5.73 Å². The highest BCUT2D eigenvalue weighted by Gasteiger charge is 2.33. The molecule has 0 saturated heterocycles. The van der Waals surface area contributed by atoms with Crippen molar-refractivity contribution < 1.29 is 22.3 Å². The van der Waals surface area contributed by atoms with Gasteiger partial charge in [0, 0.05) is 12.1 Å². The van der Waals surface area contributed by atoms with E-state index in [1.54, 1.807) is 0 Å². The topological polar surface area (TPSA) is 98.5 Å². The number of benzene rings is 1. The minimum absolute atomic E-state index is 0.105. The van der Waals surface area contributed by atoms with Gasteiger partial charge in [-0.15, -0.1) is 0 Å². The van der Waals surface area contributed by atoms with Gasteiger partial charge in [0.1, 0.15) is 5.82 Å². The molecule has 0 heterocycles. The van der Waals surface area contributed by atoms with E-state index in [0.29, 0.717) is 12.8 Å². The summed E-state index contributed by atoms with van der Waals surface area (Å²) in [5.74, 6) is -1.65. The minimum atomic E-state index is -4.05. The molecule has 3 N–H and O–H groups in total. The summed E-state index contributed by atoms with van der Waals surface area (Å²) in [6, 6.07) is 2.85. The second kappa shape index (κ2) is 7.17. The predicted octanol–water partition coefficient (Wildman–Crippen LogP) is 1.41. The maximum absolute atomic E-state index is 13.3. The smallest absolute Gasteiger partial charge is 0.339 e. The first-order valence-corrected chi connectivity index (χ1v) is 8.35. The third-order valence-electron chi connectivity index (χ3n) is 3.73. The SMILES string of the molecule is CCC(CC)(CN)NS(=O)(=O)c1ccc(F)cc1C(=O)OC. The van der Waals surface area contributed by atoms with Crippen molar-refractivity contribution >= 4 is 16.0 Å². The zero-order chi connectivity index (χ0) is 17.0. The zero-order valence-corrected chi connectivity index (χ0v) is 13.7. The number of hydrogen-bond acceptors (Lipinski definition) is 5. The number of halogens is 1. The average Bonchev–Trinajstić information content (AvgIpc) is 2.51. The van der Waals surface area contributed by atoms with Crippen LogP contribution in [0.5, 0.6) is 0 Å². The van der Waals surface area contributed by atoms with Gasteiger partial charge in [0.2, 0.25) is 10.0 Å². The molecule has 0 saturated carbocycles. The Morgan fingerprint density at radius 3 is 2.41 bits per heavy atom. The lowest BCUT2D eigenvalue weighted by atomic mass is 9.95. The number of nitrogens with one attached hydrogen (secondary N) is 1. The third-order valence-corrected chi connectivity index (χ3v) is 5.37. The second-order valence-corrected chi connectivity index (χ2v) is 6.58. The summed E-state index contributed by atoms with van der Waals surface area (Å²) in [6.45, 7) is 3.73. The van der Waals surface area contributed by atoms with Crippen LogP contribution in [0.1, 0.15) is 37.0 Å². The number of carbonyl (C=O) groups excluding carboxylic acids is 1. The Labute approximate surface area is 129 Å².